The van der Waals surface area contributed by atoms with E-state index >= 15 is 0 Å². The molecule has 0 N–H and O–H groups in total. The largest absolute Gasteiger partial charge is 0.240 e. The molecule has 226 valence electrons. The van der Waals surface area contributed by atoms with E-state index in [2.05, 4.69) is 87.8 Å². The summed E-state index contributed by atoms with van der Waals surface area (Å²) >= 11 is 0. The van der Waals surface area contributed by atoms with Crippen LogP contribution in [0.4, 0.5) is 17.1 Å². The predicted octanol–water partition coefficient (Wildman–Crippen LogP) is 10.7. The van der Waals surface area contributed by atoms with Gasteiger partial charge in [0.15, 0.2) is 0 Å². The van der Waals surface area contributed by atoms with Crippen LogP contribution in [0.2, 0.25) is 0 Å². The minimum absolute atomic E-state index is 0.00209. The van der Waals surface area contributed by atoms with Crippen LogP contribution in [0.1, 0.15) is 17.5 Å². The zero-order valence-electron chi connectivity index (χ0n) is 25.7. The molecule has 0 aromatic heterocycles. The van der Waals surface area contributed by atoms with Gasteiger partial charge in [0.25, 0.3) is 0 Å². The van der Waals surface area contributed by atoms with Crippen LogP contribution in [-0.2, 0) is 27.2 Å². The Balaban J connectivity index is 1.38. The van der Waals surface area contributed by atoms with Crippen LogP contribution < -0.4 is 0 Å². The summed E-state index contributed by atoms with van der Waals surface area (Å²) in [6, 6.07) is 39.4. The first-order chi connectivity index (χ1) is 23.7. The molecule has 0 radical (unpaired) electrons. The van der Waals surface area contributed by atoms with E-state index in [9.17, 15) is 14.4 Å². The molecule has 0 saturated heterocycles. The SMILES string of the molecule is O=C=Nc1c(N=C=O)c(N=C=O)c2c3ccccc3c3ccccc3c2c1CCCc1cccc2c3ccccc3c3ccccc3c12. The number of aryl methyl sites for hydroxylation is 2. The van der Waals surface area contributed by atoms with Gasteiger partial charge in [0.05, 0.1) is 0 Å². The molecule has 0 saturated carbocycles. The van der Waals surface area contributed by atoms with E-state index in [-0.39, 0.29) is 17.1 Å². The van der Waals surface area contributed by atoms with Gasteiger partial charge < -0.3 is 0 Å². The molecule has 48 heavy (non-hydrogen) atoms. The third-order valence-corrected chi connectivity index (χ3v) is 9.41. The Kier molecular flexibility index (Phi) is 7.22. The lowest BCUT2D eigenvalue weighted by atomic mass is 9.86. The first kappa shape index (κ1) is 28.9. The second-order valence-electron chi connectivity index (χ2n) is 11.8. The van der Waals surface area contributed by atoms with Gasteiger partial charge in [-0.05, 0) is 89.6 Å². The fourth-order valence-electron chi connectivity index (χ4n) is 7.60. The highest BCUT2D eigenvalue weighted by molar-refractivity contribution is 6.31. The maximum Gasteiger partial charge on any atom is 0.240 e. The molecule has 0 spiro atoms. The van der Waals surface area contributed by atoms with E-state index in [1.807, 2.05) is 42.5 Å². The normalized spacial score (nSPS) is 11.2. The minimum Gasteiger partial charge on any atom is -0.211 e. The molecule has 8 aromatic rings. The van der Waals surface area contributed by atoms with Crippen LogP contribution in [0.15, 0.2) is 130 Å². The number of carbonyl (C=O) groups excluding carboxylic acids is 3. The lowest BCUT2D eigenvalue weighted by Crippen LogP contribution is -1.97. The minimum atomic E-state index is 0.00209. The fourth-order valence-corrected chi connectivity index (χ4v) is 7.60. The first-order valence-electron chi connectivity index (χ1n) is 15.7. The third-order valence-electron chi connectivity index (χ3n) is 9.41. The molecule has 0 aliphatic rings. The molecule has 0 fully saturated rings. The van der Waals surface area contributed by atoms with Crippen LogP contribution in [0.3, 0.4) is 0 Å². The van der Waals surface area contributed by atoms with Gasteiger partial charge in [-0.3, -0.25) is 0 Å². The number of hydrogen-bond donors (Lipinski definition) is 0. The van der Waals surface area contributed by atoms with Gasteiger partial charge in [-0.1, -0.05) is 115 Å². The average Bonchev–Trinajstić information content (AvgIpc) is 3.14. The highest BCUT2D eigenvalue weighted by Gasteiger charge is 2.24. The fraction of sp³-hybridized carbons (Fsp3) is 0.0714. The highest BCUT2D eigenvalue weighted by Crippen LogP contribution is 2.52. The van der Waals surface area contributed by atoms with Crippen LogP contribution >= 0.6 is 0 Å². The topological polar surface area (TPSA) is 88.3 Å². The number of nitrogens with zero attached hydrogens (tertiary/aromatic N) is 3. The van der Waals surface area contributed by atoms with Gasteiger partial charge in [0, 0.05) is 5.39 Å². The van der Waals surface area contributed by atoms with Crippen molar-refractivity contribution in [3.8, 4) is 0 Å². The maximum atomic E-state index is 11.9. The molecule has 0 aliphatic heterocycles. The number of benzene rings is 8. The summed E-state index contributed by atoms with van der Waals surface area (Å²) in [6.07, 6.45) is 6.80. The van der Waals surface area contributed by atoms with Crippen molar-refractivity contribution in [2.75, 3.05) is 0 Å². The van der Waals surface area contributed by atoms with E-state index in [1.165, 1.54) is 37.9 Å². The van der Waals surface area contributed by atoms with Crippen molar-refractivity contribution in [3.63, 3.8) is 0 Å². The van der Waals surface area contributed by atoms with Gasteiger partial charge in [-0.25, -0.2) is 14.4 Å². The van der Waals surface area contributed by atoms with Crippen LogP contribution in [-0.4, -0.2) is 18.2 Å². The smallest absolute Gasteiger partial charge is 0.211 e. The summed E-state index contributed by atoms with van der Waals surface area (Å²) in [7, 11) is 0. The number of hydrogen-bond acceptors (Lipinski definition) is 6. The molecule has 0 unspecified atom stereocenters. The quantitative estimate of drug-likeness (QED) is 0.101. The van der Waals surface area contributed by atoms with Crippen LogP contribution in [0, 0.1) is 0 Å². The number of isocyanates is 3. The summed E-state index contributed by atoms with van der Waals surface area (Å²) in [4.78, 5) is 47.6. The number of rotatable bonds is 7. The molecule has 0 amide bonds. The molecule has 0 atom stereocenters. The second-order valence-corrected chi connectivity index (χ2v) is 11.8. The van der Waals surface area contributed by atoms with Gasteiger partial charge >= 0.3 is 0 Å². The Morgan fingerprint density at radius 2 is 0.771 bits per heavy atom. The lowest BCUT2D eigenvalue weighted by molar-refractivity contribution is 0.564. The standard InChI is InChI=1S/C42H25N3O3/c46-23-43-40-36(22-10-12-26-11-9-21-33-29-14-2-1-13-27(29)28-15-3-6-18-32(28)37(26)33)38-34-19-7-4-16-30(34)31-17-5-8-20-35(31)39(38)41(44-24-47)42(40)45-25-48/h1-9,11,13-21H,10,12,22H2. The molecule has 0 heterocycles. The summed E-state index contributed by atoms with van der Waals surface area (Å²) < 4.78 is 0. The van der Waals surface area contributed by atoms with Crippen molar-refractivity contribution in [1.29, 1.82) is 0 Å². The predicted molar refractivity (Wildman–Crippen MR) is 193 cm³/mol. The molecule has 6 nitrogen and oxygen atoms in total. The molecular weight excluding hydrogens is 594 g/mol. The van der Waals surface area contributed by atoms with E-state index in [0.717, 1.165) is 38.9 Å². The van der Waals surface area contributed by atoms with Gasteiger partial charge in [0.1, 0.15) is 17.1 Å². The van der Waals surface area contributed by atoms with Gasteiger partial charge in [0.2, 0.25) is 18.2 Å². The molecule has 6 heteroatoms. The van der Waals surface area contributed by atoms with Crippen molar-refractivity contribution < 1.29 is 14.4 Å². The van der Waals surface area contributed by atoms with Crippen LogP contribution in [0.25, 0.3) is 64.6 Å². The zero-order chi connectivity index (χ0) is 32.6. The first-order valence-corrected chi connectivity index (χ1v) is 15.7. The summed E-state index contributed by atoms with van der Waals surface area (Å²) in [5.41, 5.74) is 2.22. The zero-order valence-corrected chi connectivity index (χ0v) is 25.7. The van der Waals surface area contributed by atoms with E-state index < -0.39 is 0 Å². The molecule has 8 rings (SSSR count). The van der Waals surface area contributed by atoms with Crippen LogP contribution in [0.5, 0.6) is 0 Å². The van der Waals surface area contributed by atoms with E-state index in [4.69, 9.17) is 0 Å². The Labute approximate surface area is 274 Å². The average molecular weight is 620 g/mol. The van der Waals surface area contributed by atoms with Crippen molar-refractivity contribution in [3.05, 3.63) is 126 Å². The Bertz CT molecular complexity index is 2740. The third kappa shape index (κ3) is 4.46. The maximum absolute atomic E-state index is 11.9. The summed E-state index contributed by atoms with van der Waals surface area (Å²) in [5.74, 6) is 0. The van der Waals surface area contributed by atoms with Crippen molar-refractivity contribution in [2.45, 2.75) is 19.3 Å². The van der Waals surface area contributed by atoms with E-state index in [1.54, 1.807) is 18.2 Å². The van der Waals surface area contributed by atoms with Crippen molar-refractivity contribution in [1.82, 2.24) is 0 Å². The van der Waals surface area contributed by atoms with E-state index in [0.29, 0.717) is 18.2 Å². The Morgan fingerprint density at radius 3 is 1.29 bits per heavy atom. The molecule has 0 bridgehead atoms. The Hall–Kier alpha value is -6.54. The molecular formula is C42H25N3O3. The summed E-state index contributed by atoms with van der Waals surface area (Å²) in [6.45, 7) is 0. The van der Waals surface area contributed by atoms with Crippen molar-refractivity contribution in [2.24, 2.45) is 15.0 Å². The second kappa shape index (κ2) is 12.0. The van der Waals surface area contributed by atoms with Gasteiger partial charge in [-0.2, -0.15) is 15.0 Å². The summed E-state index contributed by atoms with van der Waals surface area (Å²) in [5, 5.41) is 12.4. The highest BCUT2D eigenvalue weighted by atomic mass is 16.1. The molecule has 8 aromatic carbocycles. The number of aliphatic imine (C=N–C) groups is 3. The van der Waals surface area contributed by atoms with Gasteiger partial charge in [-0.15, -0.1) is 0 Å². The number of fused-ring (bicyclic) bond motifs is 12. The molecule has 0 aliphatic carbocycles. The van der Waals surface area contributed by atoms with Crippen molar-refractivity contribution >= 4 is 99.9 Å². The monoisotopic (exact) mass is 619 g/mol. The Morgan fingerprint density at radius 1 is 0.375 bits per heavy atom. The lowest BCUT2D eigenvalue weighted by Gasteiger charge is -2.19.